The van der Waals surface area contributed by atoms with Gasteiger partial charge in [-0.1, -0.05) is 17.8 Å². The Morgan fingerprint density at radius 3 is 2.88 bits per heavy atom. The van der Waals surface area contributed by atoms with Gasteiger partial charge in [-0.15, -0.1) is 5.10 Å². The van der Waals surface area contributed by atoms with E-state index in [1.807, 2.05) is 19.0 Å². The summed E-state index contributed by atoms with van der Waals surface area (Å²) in [6.45, 7) is 3.04. The van der Waals surface area contributed by atoms with Gasteiger partial charge in [0, 0.05) is 23.9 Å². The van der Waals surface area contributed by atoms with Crippen molar-refractivity contribution in [3.8, 4) is 0 Å². The molecule has 2 rings (SSSR count). The summed E-state index contributed by atoms with van der Waals surface area (Å²) in [4.78, 5) is 24.5. The first-order valence-corrected chi connectivity index (χ1v) is 8.44. The maximum absolute atomic E-state index is 12.1. The lowest BCUT2D eigenvalue weighted by Crippen LogP contribution is -2.20. The SMILES string of the molecule is Cc1ccc(NC(=O)CSc2nnnn2CCN(C)C)cc1[N+](=O)[O-]. The molecule has 0 saturated heterocycles. The zero-order valence-corrected chi connectivity index (χ0v) is 15.0. The Balaban J connectivity index is 1.92. The molecule has 1 N–H and O–H groups in total. The predicted molar refractivity (Wildman–Crippen MR) is 93.6 cm³/mol. The molecule has 0 unspecified atom stereocenters. The fourth-order valence-corrected chi connectivity index (χ4v) is 2.65. The van der Waals surface area contributed by atoms with E-state index in [2.05, 4.69) is 20.8 Å². The van der Waals surface area contributed by atoms with Crippen LogP contribution in [0, 0.1) is 17.0 Å². The van der Waals surface area contributed by atoms with Crippen molar-refractivity contribution in [1.29, 1.82) is 0 Å². The highest BCUT2D eigenvalue weighted by Gasteiger charge is 2.14. The van der Waals surface area contributed by atoms with Gasteiger partial charge in [0.05, 0.1) is 17.2 Å². The molecule has 0 aliphatic rings. The highest BCUT2D eigenvalue weighted by molar-refractivity contribution is 7.99. The molecule has 1 aromatic carbocycles. The number of tetrazole rings is 1. The van der Waals surface area contributed by atoms with Crippen LogP contribution in [0.25, 0.3) is 0 Å². The minimum Gasteiger partial charge on any atom is -0.325 e. The van der Waals surface area contributed by atoms with Gasteiger partial charge in [-0.3, -0.25) is 14.9 Å². The Morgan fingerprint density at radius 1 is 1.44 bits per heavy atom. The van der Waals surface area contributed by atoms with Crippen molar-refractivity contribution in [3.05, 3.63) is 33.9 Å². The van der Waals surface area contributed by atoms with Crippen molar-refractivity contribution in [2.24, 2.45) is 0 Å². The Bertz CT molecular complexity index is 763. The number of benzene rings is 1. The van der Waals surface area contributed by atoms with Crippen LogP contribution in [0.2, 0.25) is 0 Å². The van der Waals surface area contributed by atoms with Gasteiger partial charge in [0.25, 0.3) is 5.69 Å². The van der Waals surface area contributed by atoms with Gasteiger partial charge in [0.2, 0.25) is 11.1 Å². The number of aryl methyl sites for hydroxylation is 1. The van der Waals surface area contributed by atoms with E-state index in [1.54, 1.807) is 23.7 Å². The van der Waals surface area contributed by atoms with E-state index in [4.69, 9.17) is 0 Å². The molecule has 25 heavy (non-hydrogen) atoms. The number of likely N-dealkylation sites (N-methyl/N-ethyl adjacent to an activating group) is 1. The van der Waals surface area contributed by atoms with Crippen molar-refractivity contribution in [2.45, 2.75) is 18.6 Å². The number of hydrogen-bond acceptors (Lipinski definition) is 8. The van der Waals surface area contributed by atoms with Gasteiger partial charge in [-0.25, -0.2) is 4.68 Å². The number of thioether (sulfide) groups is 1. The molecule has 0 aliphatic heterocycles. The number of hydrogen-bond donors (Lipinski definition) is 1. The van der Waals surface area contributed by atoms with E-state index < -0.39 is 4.92 Å². The normalized spacial score (nSPS) is 10.9. The Morgan fingerprint density at radius 2 is 2.20 bits per heavy atom. The minimum atomic E-state index is -0.474. The number of nitrogens with one attached hydrogen (secondary N) is 1. The second-order valence-corrected chi connectivity index (χ2v) is 6.53. The van der Waals surface area contributed by atoms with Crippen LogP contribution in [-0.4, -0.2) is 62.3 Å². The average molecular weight is 365 g/mol. The summed E-state index contributed by atoms with van der Waals surface area (Å²) in [5.41, 5.74) is 0.894. The number of aromatic nitrogens is 4. The van der Waals surface area contributed by atoms with Crippen molar-refractivity contribution < 1.29 is 9.72 Å². The quantitative estimate of drug-likeness (QED) is 0.421. The lowest BCUT2D eigenvalue weighted by molar-refractivity contribution is -0.385. The Kier molecular flexibility index (Phi) is 6.42. The highest BCUT2D eigenvalue weighted by atomic mass is 32.2. The van der Waals surface area contributed by atoms with Crippen LogP contribution in [0.15, 0.2) is 23.4 Å². The molecule has 0 bridgehead atoms. The van der Waals surface area contributed by atoms with Crippen molar-refractivity contribution in [3.63, 3.8) is 0 Å². The molecule has 2 aromatic rings. The molecule has 0 atom stereocenters. The zero-order chi connectivity index (χ0) is 18.4. The van der Waals surface area contributed by atoms with E-state index >= 15 is 0 Å². The molecule has 10 nitrogen and oxygen atoms in total. The topological polar surface area (TPSA) is 119 Å². The number of carbonyl (C=O) groups excluding carboxylic acids is 1. The molecule has 1 heterocycles. The van der Waals surface area contributed by atoms with E-state index in [9.17, 15) is 14.9 Å². The summed E-state index contributed by atoms with van der Waals surface area (Å²) < 4.78 is 1.63. The van der Waals surface area contributed by atoms with Crippen LogP contribution >= 0.6 is 11.8 Å². The third-order valence-electron chi connectivity index (χ3n) is 3.28. The summed E-state index contributed by atoms with van der Waals surface area (Å²) in [6, 6.07) is 4.58. The first kappa shape index (κ1) is 18.8. The number of carbonyl (C=O) groups is 1. The van der Waals surface area contributed by atoms with Crippen LogP contribution in [0.4, 0.5) is 11.4 Å². The van der Waals surface area contributed by atoms with E-state index in [0.29, 0.717) is 23.0 Å². The van der Waals surface area contributed by atoms with Crippen molar-refractivity contribution in [2.75, 3.05) is 31.7 Å². The third-order valence-corrected chi connectivity index (χ3v) is 4.24. The van der Waals surface area contributed by atoms with Gasteiger partial charge in [-0.2, -0.15) is 0 Å². The molecule has 0 spiro atoms. The third kappa shape index (κ3) is 5.50. The number of nitro groups is 1. The second-order valence-electron chi connectivity index (χ2n) is 5.58. The molecular formula is C14H19N7O3S. The molecular weight excluding hydrogens is 346 g/mol. The summed E-state index contributed by atoms with van der Waals surface area (Å²) in [5.74, 6) is -0.186. The van der Waals surface area contributed by atoms with Crippen molar-refractivity contribution >= 4 is 29.0 Å². The smallest absolute Gasteiger partial charge is 0.274 e. The maximum Gasteiger partial charge on any atom is 0.274 e. The van der Waals surface area contributed by atoms with Crippen LogP contribution in [-0.2, 0) is 11.3 Å². The molecule has 1 amide bonds. The maximum atomic E-state index is 12.1. The van der Waals surface area contributed by atoms with E-state index in [0.717, 1.165) is 6.54 Å². The summed E-state index contributed by atoms with van der Waals surface area (Å²) >= 11 is 1.21. The molecule has 0 fully saturated rings. The van der Waals surface area contributed by atoms with Gasteiger partial charge >= 0.3 is 0 Å². The fourth-order valence-electron chi connectivity index (χ4n) is 1.95. The molecule has 1 aromatic heterocycles. The van der Waals surface area contributed by atoms with Crippen LogP contribution in [0.1, 0.15) is 5.56 Å². The number of amides is 1. The van der Waals surface area contributed by atoms with Crippen LogP contribution in [0.3, 0.4) is 0 Å². The van der Waals surface area contributed by atoms with E-state index in [1.165, 1.54) is 17.8 Å². The number of nitro benzene ring substituents is 1. The summed E-state index contributed by atoms with van der Waals surface area (Å²) in [5, 5.41) is 25.6. The standard InChI is InChI=1S/C14H19N7O3S/c1-10-4-5-11(8-12(10)21(23)24)15-13(22)9-25-14-16-17-18-20(14)7-6-19(2)3/h4-5,8H,6-7,9H2,1-3H3,(H,15,22). The molecule has 0 aliphatic carbocycles. The average Bonchev–Trinajstić information content (AvgIpc) is 3.00. The largest absolute Gasteiger partial charge is 0.325 e. The molecule has 0 radical (unpaired) electrons. The Hall–Kier alpha value is -2.53. The minimum absolute atomic E-state index is 0.0296. The highest BCUT2D eigenvalue weighted by Crippen LogP contribution is 2.22. The number of rotatable bonds is 8. The molecule has 0 saturated carbocycles. The van der Waals surface area contributed by atoms with Gasteiger partial charge in [-0.05, 0) is 37.5 Å². The van der Waals surface area contributed by atoms with Gasteiger partial charge in [0.1, 0.15) is 0 Å². The van der Waals surface area contributed by atoms with E-state index in [-0.39, 0.29) is 17.3 Å². The van der Waals surface area contributed by atoms with Gasteiger partial charge in [0.15, 0.2) is 0 Å². The summed E-state index contributed by atoms with van der Waals surface area (Å²) in [6.07, 6.45) is 0. The first-order valence-electron chi connectivity index (χ1n) is 7.45. The lowest BCUT2D eigenvalue weighted by Gasteiger charge is -2.10. The molecule has 134 valence electrons. The Labute approximate surface area is 148 Å². The van der Waals surface area contributed by atoms with Crippen LogP contribution < -0.4 is 5.32 Å². The van der Waals surface area contributed by atoms with Crippen molar-refractivity contribution in [1.82, 2.24) is 25.1 Å². The zero-order valence-electron chi connectivity index (χ0n) is 14.2. The van der Waals surface area contributed by atoms with Crippen LogP contribution in [0.5, 0.6) is 0 Å². The summed E-state index contributed by atoms with van der Waals surface area (Å²) in [7, 11) is 3.90. The second kappa shape index (κ2) is 8.53. The predicted octanol–water partition coefficient (Wildman–Crippen LogP) is 1.18. The fraction of sp³-hybridized carbons (Fsp3) is 0.429. The van der Waals surface area contributed by atoms with Gasteiger partial charge < -0.3 is 10.2 Å². The monoisotopic (exact) mass is 365 g/mol. The lowest BCUT2D eigenvalue weighted by atomic mass is 10.2. The number of nitrogens with zero attached hydrogens (tertiary/aromatic N) is 6. The first-order chi connectivity index (χ1) is 11.9. The number of anilines is 1. The molecule has 11 heteroatoms.